The number of benzene rings is 1. The Labute approximate surface area is 91.6 Å². The molecular weight excluding hydrogens is 186 g/mol. The van der Waals surface area contributed by atoms with Crippen molar-refractivity contribution in [3.05, 3.63) is 29.3 Å². The SMILES string of the molecule is CCOc1ccc(CC2CNC2)cc1C. The molecule has 0 bridgehead atoms. The zero-order valence-corrected chi connectivity index (χ0v) is 9.55. The summed E-state index contributed by atoms with van der Waals surface area (Å²) in [7, 11) is 0. The van der Waals surface area contributed by atoms with Crippen LogP contribution in [0.2, 0.25) is 0 Å². The van der Waals surface area contributed by atoms with Gasteiger partial charge in [-0.05, 0) is 56.5 Å². The lowest BCUT2D eigenvalue weighted by molar-refractivity contribution is 0.336. The van der Waals surface area contributed by atoms with Crippen LogP contribution in [0, 0.1) is 12.8 Å². The first-order chi connectivity index (χ1) is 7.29. The quantitative estimate of drug-likeness (QED) is 0.813. The smallest absolute Gasteiger partial charge is 0.122 e. The third-order valence-corrected chi connectivity index (χ3v) is 2.93. The molecule has 0 unspecified atom stereocenters. The van der Waals surface area contributed by atoms with Gasteiger partial charge in [0.05, 0.1) is 6.61 Å². The zero-order chi connectivity index (χ0) is 10.7. The number of aryl methyl sites for hydroxylation is 1. The molecule has 1 aliphatic heterocycles. The molecule has 1 aliphatic rings. The lowest BCUT2D eigenvalue weighted by Gasteiger charge is -2.27. The van der Waals surface area contributed by atoms with E-state index in [9.17, 15) is 0 Å². The molecule has 0 spiro atoms. The van der Waals surface area contributed by atoms with Crippen LogP contribution in [0.25, 0.3) is 0 Å². The molecule has 1 aromatic rings. The van der Waals surface area contributed by atoms with Crippen LogP contribution in [0.4, 0.5) is 0 Å². The molecule has 0 saturated carbocycles. The van der Waals surface area contributed by atoms with Crippen molar-refractivity contribution in [2.75, 3.05) is 19.7 Å². The fraction of sp³-hybridized carbons (Fsp3) is 0.538. The van der Waals surface area contributed by atoms with Gasteiger partial charge in [0.25, 0.3) is 0 Å². The van der Waals surface area contributed by atoms with Crippen molar-refractivity contribution in [3.63, 3.8) is 0 Å². The van der Waals surface area contributed by atoms with Gasteiger partial charge < -0.3 is 10.1 Å². The van der Waals surface area contributed by atoms with Gasteiger partial charge in [0.1, 0.15) is 5.75 Å². The first-order valence-electron chi connectivity index (χ1n) is 5.72. The first kappa shape index (κ1) is 10.5. The Morgan fingerprint density at radius 3 is 2.73 bits per heavy atom. The summed E-state index contributed by atoms with van der Waals surface area (Å²) in [6, 6.07) is 6.54. The molecule has 1 fully saturated rings. The maximum absolute atomic E-state index is 5.52. The average Bonchev–Trinajstić information content (AvgIpc) is 2.16. The molecule has 0 amide bonds. The molecule has 1 N–H and O–H groups in total. The predicted molar refractivity (Wildman–Crippen MR) is 62.4 cm³/mol. The highest BCUT2D eigenvalue weighted by atomic mass is 16.5. The monoisotopic (exact) mass is 205 g/mol. The van der Waals surface area contributed by atoms with E-state index < -0.39 is 0 Å². The van der Waals surface area contributed by atoms with Crippen molar-refractivity contribution in [2.24, 2.45) is 5.92 Å². The van der Waals surface area contributed by atoms with Gasteiger partial charge in [-0.15, -0.1) is 0 Å². The summed E-state index contributed by atoms with van der Waals surface area (Å²) in [5, 5.41) is 3.30. The van der Waals surface area contributed by atoms with Crippen LogP contribution >= 0.6 is 0 Å². The summed E-state index contributed by atoms with van der Waals surface area (Å²) in [6.07, 6.45) is 1.19. The van der Waals surface area contributed by atoms with Gasteiger partial charge in [0, 0.05) is 0 Å². The van der Waals surface area contributed by atoms with Crippen LogP contribution in [0.5, 0.6) is 5.75 Å². The molecule has 2 rings (SSSR count). The third kappa shape index (κ3) is 2.51. The van der Waals surface area contributed by atoms with E-state index in [2.05, 4.69) is 30.4 Å². The van der Waals surface area contributed by atoms with Crippen LogP contribution in [0.15, 0.2) is 18.2 Å². The van der Waals surface area contributed by atoms with Crippen LogP contribution in [-0.4, -0.2) is 19.7 Å². The highest BCUT2D eigenvalue weighted by Crippen LogP contribution is 2.21. The highest BCUT2D eigenvalue weighted by molar-refractivity contribution is 5.36. The van der Waals surface area contributed by atoms with E-state index in [0.29, 0.717) is 0 Å². The summed E-state index contributed by atoms with van der Waals surface area (Å²) in [5.74, 6) is 1.86. The van der Waals surface area contributed by atoms with E-state index in [0.717, 1.165) is 18.3 Å². The second-order valence-electron chi connectivity index (χ2n) is 4.26. The highest BCUT2D eigenvalue weighted by Gasteiger charge is 2.17. The van der Waals surface area contributed by atoms with Crippen molar-refractivity contribution in [1.82, 2.24) is 5.32 Å². The maximum Gasteiger partial charge on any atom is 0.122 e. The number of hydrogen-bond donors (Lipinski definition) is 1. The van der Waals surface area contributed by atoms with Gasteiger partial charge in [-0.25, -0.2) is 0 Å². The third-order valence-electron chi connectivity index (χ3n) is 2.93. The minimum Gasteiger partial charge on any atom is -0.494 e. The molecule has 1 heterocycles. The number of rotatable bonds is 4. The van der Waals surface area contributed by atoms with Gasteiger partial charge in [0.2, 0.25) is 0 Å². The molecule has 1 aromatic carbocycles. The molecule has 0 aromatic heterocycles. The number of nitrogens with one attached hydrogen (secondary N) is 1. The Bertz CT molecular complexity index is 331. The Hall–Kier alpha value is -1.02. The Morgan fingerprint density at radius 1 is 1.40 bits per heavy atom. The van der Waals surface area contributed by atoms with E-state index in [4.69, 9.17) is 4.74 Å². The minimum atomic E-state index is 0.743. The predicted octanol–water partition coefficient (Wildman–Crippen LogP) is 2.16. The second-order valence-corrected chi connectivity index (χ2v) is 4.26. The van der Waals surface area contributed by atoms with Crippen LogP contribution < -0.4 is 10.1 Å². The van der Waals surface area contributed by atoms with Crippen LogP contribution in [0.3, 0.4) is 0 Å². The van der Waals surface area contributed by atoms with E-state index in [-0.39, 0.29) is 0 Å². The van der Waals surface area contributed by atoms with Gasteiger partial charge in [-0.1, -0.05) is 12.1 Å². The molecule has 15 heavy (non-hydrogen) atoms. The van der Waals surface area contributed by atoms with Crippen LogP contribution in [-0.2, 0) is 6.42 Å². The van der Waals surface area contributed by atoms with E-state index in [1.165, 1.54) is 30.6 Å². The molecule has 0 radical (unpaired) electrons. The average molecular weight is 205 g/mol. The van der Waals surface area contributed by atoms with Gasteiger partial charge in [-0.2, -0.15) is 0 Å². The minimum absolute atomic E-state index is 0.743. The topological polar surface area (TPSA) is 21.3 Å². The molecule has 0 aliphatic carbocycles. The summed E-state index contributed by atoms with van der Waals surface area (Å²) >= 11 is 0. The van der Waals surface area contributed by atoms with E-state index >= 15 is 0 Å². The normalized spacial score (nSPS) is 16.1. The van der Waals surface area contributed by atoms with Crippen molar-refractivity contribution in [3.8, 4) is 5.75 Å². The lowest BCUT2D eigenvalue weighted by atomic mass is 9.93. The Kier molecular flexibility index (Phi) is 3.27. The van der Waals surface area contributed by atoms with E-state index in [1.807, 2.05) is 6.92 Å². The van der Waals surface area contributed by atoms with Crippen molar-refractivity contribution >= 4 is 0 Å². The summed E-state index contributed by atoms with van der Waals surface area (Å²) < 4.78 is 5.52. The number of ether oxygens (including phenoxy) is 1. The summed E-state index contributed by atoms with van der Waals surface area (Å²) in [6.45, 7) is 7.23. The summed E-state index contributed by atoms with van der Waals surface area (Å²) in [5.41, 5.74) is 2.68. The molecule has 1 saturated heterocycles. The van der Waals surface area contributed by atoms with Gasteiger partial charge >= 0.3 is 0 Å². The fourth-order valence-electron chi connectivity index (χ4n) is 1.98. The maximum atomic E-state index is 5.52. The van der Waals surface area contributed by atoms with Gasteiger partial charge in [0.15, 0.2) is 0 Å². The Morgan fingerprint density at radius 2 is 2.20 bits per heavy atom. The molecule has 2 heteroatoms. The molecule has 2 nitrogen and oxygen atoms in total. The van der Waals surface area contributed by atoms with Crippen molar-refractivity contribution in [1.29, 1.82) is 0 Å². The lowest BCUT2D eigenvalue weighted by Crippen LogP contribution is -2.43. The molecular formula is C13H19NO. The number of hydrogen-bond acceptors (Lipinski definition) is 2. The van der Waals surface area contributed by atoms with E-state index in [1.54, 1.807) is 0 Å². The Balaban J connectivity index is 2.03. The van der Waals surface area contributed by atoms with Crippen molar-refractivity contribution < 1.29 is 4.74 Å². The summed E-state index contributed by atoms with van der Waals surface area (Å²) in [4.78, 5) is 0. The molecule has 82 valence electrons. The second kappa shape index (κ2) is 4.67. The first-order valence-corrected chi connectivity index (χ1v) is 5.72. The molecule has 0 atom stereocenters. The van der Waals surface area contributed by atoms with Crippen molar-refractivity contribution in [2.45, 2.75) is 20.3 Å². The van der Waals surface area contributed by atoms with Crippen LogP contribution in [0.1, 0.15) is 18.1 Å². The van der Waals surface area contributed by atoms with Gasteiger partial charge in [-0.3, -0.25) is 0 Å². The standard InChI is InChI=1S/C13H19NO/c1-3-15-13-5-4-11(6-10(13)2)7-12-8-14-9-12/h4-6,12,14H,3,7-9H2,1-2H3. The zero-order valence-electron chi connectivity index (χ0n) is 9.55. The largest absolute Gasteiger partial charge is 0.494 e. The fourth-order valence-corrected chi connectivity index (χ4v) is 1.98.